The Morgan fingerprint density at radius 3 is 2.54 bits per heavy atom. The molecule has 0 unspecified atom stereocenters. The van der Waals surface area contributed by atoms with Crippen LogP contribution in [0.2, 0.25) is 0 Å². The summed E-state index contributed by atoms with van der Waals surface area (Å²) in [5, 5.41) is 12.9. The Hall–Kier alpha value is -3.84. The second-order valence-corrected chi connectivity index (χ2v) is 9.15. The highest BCUT2D eigenvalue weighted by Crippen LogP contribution is 2.43. The summed E-state index contributed by atoms with van der Waals surface area (Å²) < 4.78 is 5.32. The van der Waals surface area contributed by atoms with Gasteiger partial charge in [0.1, 0.15) is 12.3 Å². The lowest BCUT2D eigenvalue weighted by Gasteiger charge is -2.58. The molecular formula is C28H29N3O4. The highest BCUT2D eigenvalue weighted by atomic mass is 16.5. The lowest BCUT2D eigenvalue weighted by molar-refractivity contribution is -0.159. The number of anilines is 1. The Morgan fingerprint density at radius 2 is 1.83 bits per heavy atom. The number of methoxy groups -OCH3 is 1. The van der Waals surface area contributed by atoms with Gasteiger partial charge < -0.3 is 25.0 Å². The molecule has 35 heavy (non-hydrogen) atoms. The number of hydrogen-bond donors (Lipinski definition) is 2. The summed E-state index contributed by atoms with van der Waals surface area (Å²) in [6, 6.07) is 23.0. The minimum absolute atomic E-state index is 0.0208. The van der Waals surface area contributed by atoms with E-state index in [2.05, 4.69) is 54.7 Å². The molecule has 3 aromatic rings. The molecule has 3 aromatic carbocycles. The van der Waals surface area contributed by atoms with Crippen molar-refractivity contribution in [3.8, 4) is 16.9 Å². The van der Waals surface area contributed by atoms with E-state index < -0.39 is 0 Å². The van der Waals surface area contributed by atoms with Gasteiger partial charge in [-0.2, -0.15) is 0 Å². The third kappa shape index (κ3) is 4.23. The van der Waals surface area contributed by atoms with E-state index in [-0.39, 0.29) is 43.1 Å². The Morgan fingerprint density at radius 1 is 1.06 bits per heavy atom. The van der Waals surface area contributed by atoms with E-state index in [0.29, 0.717) is 18.0 Å². The van der Waals surface area contributed by atoms with Crippen LogP contribution in [0.15, 0.2) is 72.8 Å². The highest BCUT2D eigenvalue weighted by Gasteiger charge is 2.54. The van der Waals surface area contributed by atoms with Gasteiger partial charge >= 0.3 is 6.03 Å². The molecular weight excluding hydrogens is 442 g/mol. The van der Waals surface area contributed by atoms with Crippen LogP contribution in [0.25, 0.3) is 11.1 Å². The molecule has 180 valence electrons. The van der Waals surface area contributed by atoms with Crippen molar-refractivity contribution in [1.82, 2.24) is 9.80 Å². The molecule has 2 N–H and O–H groups in total. The summed E-state index contributed by atoms with van der Waals surface area (Å²) in [5.74, 6) is 0.363. The summed E-state index contributed by atoms with van der Waals surface area (Å²) in [7, 11) is 1.55. The number of ether oxygens (including phenoxy) is 1. The zero-order chi connectivity index (χ0) is 24.5. The van der Waals surface area contributed by atoms with Gasteiger partial charge in [0.15, 0.2) is 0 Å². The first-order chi connectivity index (χ1) is 17.0. The first kappa shape index (κ1) is 22.9. The predicted octanol–water partition coefficient (Wildman–Crippen LogP) is 3.87. The summed E-state index contributed by atoms with van der Waals surface area (Å²) in [4.78, 5) is 29.2. The first-order valence-corrected chi connectivity index (χ1v) is 11.8. The third-order valence-electron chi connectivity index (χ3n) is 7.04. The largest absolute Gasteiger partial charge is 0.495 e. The Balaban J connectivity index is 1.34. The minimum atomic E-state index is -0.344. The van der Waals surface area contributed by atoms with Gasteiger partial charge in [-0.25, -0.2) is 4.79 Å². The van der Waals surface area contributed by atoms with Gasteiger partial charge in [0.05, 0.1) is 31.5 Å². The van der Waals surface area contributed by atoms with E-state index >= 15 is 0 Å². The van der Waals surface area contributed by atoms with Crippen LogP contribution >= 0.6 is 0 Å². The van der Waals surface area contributed by atoms with Crippen LogP contribution in [0.4, 0.5) is 10.5 Å². The molecule has 5 rings (SSSR count). The number of para-hydroxylation sites is 2. The number of piperazine rings is 1. The maximum atomic E-state index is 13.0. The smallest absolute Gasteiger partial charge is 0.322 e. The van der Waals surface area contributed by atoms with Gasteiger partial charge in [-0.1, -0.05) is 66.2 Å². The Bertz CT molecular complexity index is 1240. The van der Waals surface area contributed by atoms with Crippen molar-refractivity contribution in [2.45, 2.75) is 24.9 Å². The number of urea groups is 1. The van der Waals surface area contributed by atoms with E-state index in [4.69, 9.17) is 4.74 Å². The normalized spacial score (nSPS) is 21.2. The van der Waals surface area contributed by atoms with Crippen LogP contribution in [-0.4, -0.2) is 65.7 Å². The number of nitrogens with one attached hydrogen (secondary N) is 1. The highest BCUT2D eigenvalue weighted by molar-refractivity contribution is 5.94. The maximum absolute atomic E-state index is 13.0. The fourth-order valence-electron chi connectivity index (χ4n) is 5.32. The SMILES string of the molecule is COc1ccccc1NC(=O)N1CC(=O)N2[C@H](C1)[C@H](c1ccc(-c3cccc(C)c3)cc1)[C@@H]2CO. The third-order valence-corrected chi connectivity index (χ3v) is 7.04. The average Bonchev–Trinajstić information content (AvgIpc) is 2.86. The zero-order valence-corrected chi connectivity index (χ0v) is 19.8. The number of hydrogen-bond acceptors (Lipinski definition) is 4. The molecule has 2 heterocycles. The van der Waals surface area contributed by atoms with E-state index in [1.54, 1.807) is 24.1 Å². The predicted molar refractivity (Wildman–Crippen MR) is 134 cm³/mol. The van der Waals surface area contributed by atoms with E-state index in [9.17, 15) is 14.7 Å². The quantitative estimate of drug-likeness (QED) is 0.592. The Kier molecular flexibility index (Phi) is 6.17. The van der Waals surface area contributed by atoms with Gasteiger partial charge in [-0.3, -0.25) is 4.79 Å². The van der Waals surface area contributed by atoms with Crippen molar-refractivity contribution in [2.75, 3.05) is 32.1 Å². The molecule has 7 nitrogen and oxygen atoms in total. The number of nitrogens with zero attached hydrogens (tertiary/aromatic N) is 2. The number of rotatable bonds is 5. The lowest BCUT2D eigenvalue weighted by Crippen LogP contribution is -2.73. The van der Waals surface area contributed by atoms with Crippen molar-refractivity contribution in [1.29, 1.82) is 0 Å². The van der Waals surface area contributed by atoms with Crippen LogP contribution in [0, 0.1) is 6.92 Å². The van der Waals surface area contributed by atoms with Gasteiger partial charge in [0.2, 0.25) is 5.91 Å². The number of benzene rings is 3. The Labute approximate surface area is 204 Å². The fourth-order valence-corrected chi connectivity index (χ4v) is 5.32. The van der Waals surface area contributed by atoms with Gasteiger partial charge in [-0.05, 0) is 35.7 Å². The number of aliphatic hydroxyl groups excluding tert-OH is 1. The van der Waals surface area contributed by atoms with Crippen LogP contribution < -0.4 is 10.1 Å². The summed E-state index contributed by atoms with van der Waals surface area (Å²) in [6.07, 6.45) is 0. The number of carbonyl (C=O) groups excluding carboxylic acids is 2. The second kappa shape index (κ2) is 9.43. The number of fused-ring (bicyclic) bond motifs is 1. The maximum Gasteiger partial charge on any atom is 0.322 e. The molecule has 3 amide bonds. The van der Waals surface area contributed by atoms with Crippen molar-refractivity contribution in [3.05, 3.63) is 83.9 Å². The van der Waals surface area contributed by atoms with Crippen molar-refractivity contribution in [3.63, 3.8) is 0 Å². The molecule has 2 saturated heterocycles. The molecule has 3 atom stereocenters. The first-order valence-electron chi connectivity index (χ1n) is 11.8. The standard InChI is InChI=1S/C28H29N3O4/c1-18-6-5-7-21(14-18)19-10-12-20(13-11-19)27-23-15-30(16-26(33)31(23)24(27)17-32)28(34)29-22-8-3-4-9-25(22)35-2/h3-14,23-24,27,32H,15-17H2,1-2H3,(H,29,34)/t23-,24+,27+/m1/s1. The van der Waals surface area contributed by atoms with E-state index in [1.807, 2.05) is 18.2 Å². The summed E-state index contributed by atoms with van der Waals surface area (Å²) >= 11 is 0. The van der Waals surface area contributed by atoms with Crippen LogP contribution in [0.3, 0.4) is 0 Å². The number of aryl methyl sites for hydroxylation is 1. The molecule has 0 aliphatic carbocycles. The number of carbonyl (C=O) groups is 2. The van der Waals surface area contributed by atoms with E-state index in [1.165, 1.54) is 10.5 Å². The topological polar surface area (TPSA) is 82.1 Å². The summed E-state index contributed by atoms with van der Waals surface area (Å²) in [6.45, 7) is 2.34. The van der Waals surface area contributed by atoms with Gasteiger partial charge in [0.25, 0.3) is 0 Å². The van der Waals surface area contributed by atoms with Crippen molar-refractivity contribution >= 4 is 17.6 Å². The van der Waals surface area contributed by atoms with Crippen molar-refractivity contribution in [2.24, 2.45) is 0 Å². The van der Waals surface area contributed by atoms with Crippen molar-refractivity contribution < 1.29 is 19.4 Å². The monoisotopic (exact) mass is 471 g/mol. The molecule has 0 saturated carbocycles. The van der Waals surface area contributed by atoms with Crippen LogP contribution in [-0.2, 0) is 4.79 Å². The minimum Gasteiger partial charge on any atom is -0.495 e. The molecule has 0 bridgehead atoms. The molecule has 2 aliphatic heterocycles. The van der Waals surface area contributed by atoms with Gasteiger partial charge in [0, 0.05) is 12.5 Å². The molecule has 2 fully saturated rings. The molecule has 0 aromatic heterocycles. The lowest BCUT2D eigenvalue weighted by atomic mass is 9.73. The van der Waals surface area contributed by atoms with E-state index in [0.717, 1.165) is 16.7 Å². The number of amides is 3. The molecule has 7 heteroatoms. The van der Waals surface area contributed by atoms with Crippen LogP contribution in [0.5, 0.6) is 5.75 Å². The second-order valence-electron chi connectivity index (χ2n) is 9.15. The molecule has 0 radical (unpaired) electrons. The average molecular weight is 472 g/mol. The zero-order valence-electron chi connectivity index (χ0n) is 19.8. The number of aliphatic hydroxyl groups is 1. The summed E-state index contributed by atoms with van der Waals surface area (Å²) in [5.41, 5.74) is 5.08. The molecule has 2 aliphatic rings. The van der Waals surface area contributed by atoms with Crippen LogP contribution in [0.1, 0.15) is 17.0 Å². The molecule has 0 spiro atoms. The fraction of sp³-hybridized carbons (Fsp3) is 0.286. The van der Waals surface area contributed by atoms with Gasteiger partial charge in [-0.15, -0.1) is 0 Å².